The summed E-state index contributed by atoms with van der Waals surface area (Å²) in [6, 6.07) is 19.7. The van der Waals surface area contributed by atoms with Gasteiger partial charge in [0.1, 0.15) is 0 Å². The summed E-state index contributed by atoms with van der Waals surface area (Å²) in [4.78, 5) is 11.8. The summed E-state index contributed by atoms with van der Waals surface area (Å²) in [7, 11) is 1.88. The zero-order chi connectivity index (χ0) is 19.9. The Bertz CT molecular complexity index is 785. The molecule has 0 saturated carbocycles. The van der Waals surface area contributed by atoms with Crippen molar-refractivity contribution in [3.8, 4) is 0 Å². The van der Waals surface area contributed by atoms with Gasteiger partial charge in [-0.2, -0.15) is 11.8 Å². The van der Waals surface area contributed by atoms with E-state index < -0.39 is 0 Å². The van der Waals surface area contributed by atoms with Gasteiger partial charge in [0, 0.05) is 75.7 Å². The molecule has 162 valence electrons. The molecule has 0 aromatic heterocycles. The van der Waals surface area contributed by atoms with Gasteiger partial charge >= 0.3 is 0 Å². The molecule has 2 aromatic rings. The molecule has 2 aromatic carbocycles. The minimum Gasteiger partial charge on any atom is -0.370 e. The van der Waals surface area contributed by atoms with E-state index in [0.29, 0.717) is 0 Å². The number of nitrogens with zero attached hydrogens (tertiary/aromatic N) is 4. The van der Waals surface area contributed by atoms with E-state index in [4.69, 9.17) is 0 Å². The summed E-state index contributed by atoms with van der Waals surface area (Å²) >= 11 is 2.05. The van der Waals surface area contributed by atoms with Gasteiger partial charge in [0.15, 0.2) is 5.96 Å². The van der Waals surface area contributed by atoms with Crippen LogP contribution in [0.15, 0.2) is 59.6 Å². The highest BCUT2D eigenvalue weighted by Crippen LogP contribution is 2.20. The Morgan fingerprint density at radius 2 is 1.43 bits per heavy atom. The monoisotopic (exact) mass is 537 g/mol. The van der Waals surface area contributed by atoms with Crippen LogP contribution in [-0.2, 0) is 6.54 Å². The standard InChI is InChI=1S/C23H31N5S.HI/c1-24-23(28-13-11-26(12-14-28)21-5-3-2-4-6-21)25-19-20-7-9-22(10-8-20)27-15-17-29-18-16-27;/h2-10H,11-19H2,1H3,(H,24,25);1H. The number of anilines is 2. The van der Waals surface area contributed by atoms with Gasteiger partial charge in [-0.25, -0.2) is 0 Å². The molecule has 0 amide bonds. The number of piperazine rings is 1. The van der Waals surface area contributed by atoms with Crippen LogP contribution in [0.3, 0.4) is 0 Å². The SMILES string of the molecule is CN=C(NCc1ccc(N2CCSCC2)cc1)N1CCN(c2ccccc2)CC1.I. The van der Waals surface area contributed by atoms with Crippen molar-refractivity contribution in [3.63, 3.8) is 0 Å². The second-order valence-corrected chi connectivity index (χ2v) is 8.70. The van der Waals surface area contributed by atoms with Crippen molar-refractivity contribution >= 4 is 53.1 Å². The number of aliphatic imine (C=N–C) groups is 1. The summed E-state index contributed by atoms with van der Waals surface area (Å²) in [5, 5.41) is 3.55. The quantitative estimate of drug-likeness (QED) is 0.365. The fourth-order valence-corrected chi connectivity index (χ4v) is 4.88. The molecule has 2 aliphatic heterocycles. The molecular weight excluding hydrogens is 505 g/mol. The molecule has 0 aliphatic carbocycles. The summed E-state index contributed by atoms with van der Waals surface area (Å²) < 4.78 is 0. The largest absolute Gasteiger partial charge is 0.370 e. The van der Waals surface area contributed by atoms with Crippen LogP contribution in [0, 0.1) is 0 Å². The highest BCUT2D eigenvalue weighted by molar-refractivity contribution is 14.0. The summed E-state index contributed by atoms with van der Waals surface area (Å²) in [5.74, 6) is 3.46. The first-order valence-electron chi connectivity index (χ1n) is 10.5. The Morgan fingerprint density at radius 3 is 2.07 bits per heavy atom. The molecule has 2 saturated heterocycles. The second kappa shape index (κ2) is 11.7. The zero-order valence-corrected chi connectivity index (χ0v) is 20.8. The molecular formula is C23H32IN5S. The average Bonchev–Trinajstić information content (AvgIpc) is 2.81. The number of guanidine groups is 1. The van der Waals surface area contributed by atoms with Crippen molar-refractivity contribution < 1.29 is 0 Å². The van der Waals surface area contributed by atoms with Crippen molar-refractivity contribution in [2.75, 3.05) is 67.6 Å². The molecule has 4 rings (SSSR count). The lowest BCUT2D eigenvalue weighted by molar-refractivity contribution is 0.372. The van der Waals surface area contributed by atoms with Gasteiger partial charge in [-0.05, 0) is 29.8 Å². The number of nitrogens with one attached hydrogen (secondary N) is 1. The number of hydrogen-bond acceptors (Lipinski definition) is 4. The Balaban J connectivity index is 0.00000256. The third kappa shape index (κ3) is 5.97. The van der Waals surface area contributed by atoms with E-state index in [-0.39, 0.29) is 24.0 Å². The van der Waals surface area contributed by atoms with Gasteiger partial charge in [-0.15, -0.1) is 24.0 Å². The Labute approximate surface area is 201 Å². The van der Waals surface area contributed by atoms with Gasteiger partial charge < -0.3 is 20.0 Å². The minimum atomic E-state index is 0. The van der Waals surface area contributed by atoms with E-state index in [2.05, 4.69) is 91.4 Å². The first-order valence-corrected chi connectivity index (χ1v) is 11.7. The van der Waals surface area contributed by atoms with E-state index in [1.165, 1.54) is 28.4 Å². The number of benzene rings is 2. The highest BCUT2D eigenvalue weighted by atomic mass is 127. The van der Waals surface area contributed by atoms with Crippen molar-refractivity contribution in [1.82, 2.24) is 10.2 Å². The molecule has 0 radical (unpaired) electrons. The minimum absolute atomic E-state index is 0. The molecule has 2 fully saturated rings. The number of rotatable bonds is 4. The summed E-state index contributed by atoms with van der Waals surface area (Å²) in [6.45, 7) is 7.14. The Morgan fingerprint density at radius 1 is 0.833 bits per heavy atom. The van der Waals surface area contributed by atoms with E-state index >= 15 is 0 Å². The average molecular weight is 538 g/mol. The van der Waals surface area contributed by atoms with Gasteiger partial charge in [-0.3, -0.25) is 4.99 Å². The third-order valence-electron chi connectivity index (χ3n) is 5.68. The molecule has 0 unspecified atom stereocenters. The Hall–Kier alpha value is -1.61. The number of hydrogen-bond donors (Lipinski definition) is 1. The Kier molecular flexibility index (Phi) is 8.99. The molecule has 30 heavy (non-hydrogen) atoms. The van der Waals surface area contributed by atoms with Crippen LogP contribution in [0.25, 0.3) is 0 Å². The topological polar surface area (TPSA) is 34.1 Å². The van der Waals surface area contributed by atoms with Gasteiger partial charge in [0.25, 0.3) is 0 Å². The predicted octanol–water partition coefficient (Wildman–Crippen LogP) is 3.76. The van der Waals surface area contributed by atoms with Crippen LogP contribution >= 0.6 is 35.7 Å². The molecule has 0 atom stereocenters. The molecule has 2 heterocycles. The van der Waals surface area contributed by atoms with E-state index in [1.54, 1.807) is 0 Å². The molecule has 1 N–H and O–H groups in total. The van der Waals surface area contributed by atoms with Crippen molar-refractivity contribution in [2.45, 2.75) is 6.54 Å². The maximum atomic E-state index is 4.52. The first kappa shape index (κ1) is 23.1. The van der Waals surface area contributed by atoms with Gasteiger partial charge in [0.05, 0.1) is 0 Å². The number of halogens is 1. The smallest absolute Gasteiger partial charge is 0.194 e. The predicted molar refractivity (Wildman–Crippen MR) is 142 cm³/mol. The third-order valence-corrected chi connectivity index (χ3v) is 6.62. The van der Waals surface area contributed by atoms with Gasteiger partial charge in [-0.1, -0.05) is 30.3 Å². The first-order chi connectivity index (χ1) is 14.3. The molecule has 0 bridgehead atoms. The maximum Gasteiger partial charge on any atom is 0.194 e. The summed E-state index contributed by atoms with van der Waals surface area (Å²) in [5.41, 5.74) is 3.95. The fraction of sp³-hybridized carbons (Fsp3) is 0.435. The van der Waals surface area contributed by atoms with E-state index in [1.807, 2.05) is 7.05 Å². The van der Waals surface area contributed by atoms with Crippen molar-refractivity contribution in [3.05, 3.63) is 60.2 Å². The lowest BCUT2D eigenvalue weighted by Crippen LogP contribution is -2.52. The van der Waals surface area contributed by atoms with Crippen LogP contribution in [0.5, 0.6) is 0 Å². The lowest BCUT2D eigenvalue weighted by Gasteiger charge is -2.37. The van der Waals surface area contributed by atoms with Crippen LogP contribution < -0.4 is 15.1 Å². The van der Waals surface area contributed by atoms with E-state index in [0.717, 1.165) is 51.8 Å². The maximum absolute atomic E-state index is 4.52. The molecule has 7 heteroatoms. The zero-order valence-electron chi connectivity index (χ0n) is 17.7. The van der Waals surface area contributed by atoms with E-state index in [9.17, 15) is 0 Å². The van der Waals surface area contributed by atoms with Crippen LogP contribution in [-0.4, -0.2) is 68.7 Å². The fourth-order valence-electron chi connectivity index (χ4n) is 3.97. The molecule has 0 spiro atoms. The van der Waals surface area contributed by atoms with Crippen molar-refractivity contribution in [1.29, 1.82) is 0 Å². The lowest BCUT2D eigenvalue weighted by atomic mass is 10.2. The molecule has 2 aliphatic rings. The normalized spacial score (nSPS) is 17.5. The van der Waals surface area contributed by atoms with Crippen LogP contribution in [0.2, 0.25) is 0 Å². The molecule has 5 nitrogen and oxygen atoms in total. The van der Waals surface area contributed by atoms with Crippen molar-refractivity contribution in [2.24, 2.45) is 4.99 Å². The van der Waals surface area contributed by atoms with Crippen LogP contribution in [0.1, 0.15) is 5.56 Å². The number of thioether (sulfide) groups is 1. The highest BCUT2D eigenvalue weighted by Gasteiger charge is 2.19. The van der Waals surface area contributed by atoms with Crippen LogP contribution in [0.4, 0.5) is 11.4 Å². The van der Waals surface area contributed by atoms with Gasteiger partial charge in [0.2, 0.25) is 0 Å². The number of para-hydroxylation sites is 1. The second-order valence-electron chi connectivity index (χ2n) is 7.48. The summed E-state index contributed by atoms with van der Waals surface area (Å²) in [6.07, 6.45) is 0.